The number of hydrogen-bond acceptors (Lipinski definition) is 0. The normalized spacial score (nSPS) is 11.5. The third-order valence-electron chi connectivity index (χ3n) is 6.11. The van der Waals surface area contributed by atoms with Crippen LogP contribution in [0, 0.1) is 20.2 Å². The molecule has 0 fully saturated rings. The molecule has 6 aromatic rings. The summed E-state index contributed by atoms with van der Waals surface area (Å²) in [5.41, 5.74) is 7.09. The highest BCUT2D eigenvalue weighted by Gasteiger charge is 2.18. The van der Waals surface area contributed by atoms with Crippen molar-refractivity contribution in [2.24, 2.45) is 0 Å². The molecule has 0 aliphatic carbocycles. The molecule has 0 unspecified atom stereocenters. The lowest BCUT2D eigenvalue weighted by Gasteiger charge is -2.11. The molecule has 31 heavy (non-hydrogen) atoms. The average Bonchev–Trinajstić information content (AvgIpc) is 3.21. The van der Waals surface area contributed by atoms with Crippen LogP contribution in [0.5, 0.6) is 0 Å². The van der Waals surface area contributed by atoms with Gasteiger partial charge < -0.3 is 0 Å². The Bertz CT molecular complexity index is 1450. The highest BCUT2D eigenvalue weighted by Crippen LogP contribution is 2.35. The molecule has 0 spiro atoms. The van der Waals surface area contributed by atoms with E-state index in [-0.39, 0.29) is 0 Å². The van der Waals surface area contributed by atoms with Crippen LogP contribution in [0.3, 0.4) is 0 Å². The maximum Gasteiger partial charge on any atom is 0.269 e. The molecular weight excluding hydrogens is 376 g/mol. The van der Waals surface area contributed by atoms with Crippen LogP contribution in [0.15, 0.2) is 97.1 Å². The molecule has 0 aliphatic heterocycles. The lowest BCUT2D eigenvalue weighted by Crippen LogP contribution is -2.29. The van der Waals surface area contributed by atoms with Gasteiger partial charge in [-0.2, -0.15) is 0 Å². The predicted molar refractivity (Wildman–Crippen MR) is 128 cm³/mol. The number of aryl methyl sites for hydroxylation is 2. The first-order chi connectivity index (χ1) is 15.2. The fraction of sp³-hybridized carbons (Fsp3) is 0.0690. The Morgan fingerprint density at radius 1 is 0.581 bits per heavy atom. The SMILES string of the molecule is Cc1ccc(-n2[c-][n+](-c3ccc(C)cc3)c3c4ccccc4c4ccccc4c32)cc1. The van der Waals surface area contributed by atoms with Gasteiger partial charge in [0.05, 0.1) is 22.4 Å². The van der Waals surface area contributed by atoms with Crippen molar-refractivity contribution in [1.29, 1.82) is 0 Å². The van der Waals surface area contributed by atoms with Gasteiger partial charge in [0, 0.05) is 0 Å². The number of nitrogens with zero attached hydrogens (tertiary/aromatic N) is 2. The van der Waals surface area contributed by atoms with E-state index in [9.17, 15) is 0 Å². The third kappa shape index (κ3) is 2.76. The lowest BCUT2D eigenvalue weighted by molar-refractivity contribution is -0.571. The standard InChI is InChI=1S/C29H22N2/c1-20-11-15-22(16-12-20)30-19-31(23-17-13-21(2)14-18-23)29-27-10-6-4-8-25(27)24-7-3-5-9-26(24)28(29)30/h3-18H,1-2H3. The van der Waals surface area contributed by atoms with Gasteiger partial charge in [0.25, 0.3) is 6.33 Å². The van der Waals surface area contributed by atoms with E-state index < -0.39 is 0 Å². The number of benzene rings is 5. The van der Waals surface area contributed by atoms with Gasteiger partial charge in [-0.25, -0.2) is 0 Å². The van der Waals surface area contributed by atoms with Crippen molar-refractivity contribution in [2.45, 2.75) is 13.8 Å². The second-order valence-electron chi connectivity index (χ2n) is 8.23. The van der Waals surface area contributed by atoms with Gasteiger partial charge in [0.1, 0.15) is 0 Å². The minimum Gasteiger partial charge on any atom is -0.291 e. The molecule has 5 aromatic carbocycles. The highest BCUT2D eigenvalue weighted by atomic mass is 15.1. The van der Waals surface area contributed by atoms with E-state index in [0.29, 0.717) is 0 Å². The molecule has 6 rings (SSSR count). The molecule has 0 atom stereocenters. The quantitative estimate of drug-likeness (QED) is 0.176. The van der Waals surface area contributed by atoms with E-state index in [1.165, 1.54) is 43.7 Å². The second-order valence-corrected chi connectivity index (χ2v) is 8.23. The molecule has 0 N–H and O–H groups in total. The Kier molecular flexibility index (Phi) is 3.94. The minimum atomic E-state index is 1.11. The molecule has 2 nitrogen and oxygen atoms in total. The zero-order valence-electron chi connectivity index (χ0n) is 17.6. The van der Waals surface area contributed by atoms with Crippen LogP contribution in [0.1, 0.15) is 11.1 Å². The Hall–Kier alpha value is -3.91. The van der Waals surface area contributed by atoms with Crippen molar-refractivity contribution in [3.8, 4) is 11.4 Å². The van der Waals surface area contributed by atoms with Crippen LogP contribution in [0.4, 0.5) is 0 Å². The molecule has 0 radical (unpaired) electrons. The molecule has 2 heteroatoms. The summed E-state index contributed by atoms with van der Waals surface area (Å²) in [5.74, 6) is 0. The molecule has 1 heterocycles. The monoisotopic (exact) mass is 398 g/mol. The fourth-order valence-corrected chi connectivity index (χ4v) is 4.52. The van der Waals surface area contributed by atoms with Crippen LogP contribution >= 0.6 is 0 Å². The van der Waals surface area contributed by atoms with Gasteiger partial charge in [0.2, 0.25) is 0 Å². The Morgan fingerprint density at radius 2 is 1.10 bits per heavy atom. The summed E-state index contributed by atoms with van der Waals surface area (Å²) in [5, 5.41) is 5.00. The first-order valence-corrected chi connectivity index (χ1v) is 10.6. The van der Waals surface area contributed by atoms with Gasteiger partial charge in [-0.1, -0.05) is 83.9 Å². The average molecular weight is 399 g/mol. The molecule has 0 saturated carbocycles. The maximum atomic E-state index is 3.68. The summed E-state index contributed by atoms with van der Waals surface area (Å²) in [6.07, 6.45) is 3.68. The van der Waals surface area contributed by atoms with E-state index in [4.69, 9.17) is 0 Å². The number of hydrogen-bond donors (Lipinski definition) is 0. The van der Waals surface area contributed by atoms with E-state index in [1.807, 2.05) is 0 Å². The van der Waals surface area contributed by atoms with Crippen molar-refractivity contribution in [2.75, 3.05) is 0 Å². The van der Waals surface area contributed by atoms with Crippen molar-refractivity contribution < 1.29 is 4.57 Å². The number of aromatic nitrogens is 2. The number of imidazole rings is 1. The first kappa shape index (κ1) is 17.9. The Labute approximate surface area is 181 Å². The van der Waals surface area contributed by atoms with Crippen LogP contribution in [0.2, 0.25) is 0 Å². The second kappa shape index (κ2) is 6.82. The summed E-state index contributed by atoms with van der Waals surface area (Å²) < 4.78 is 4.42. The van der Waals surface area contributed by atoms with E-state index in [2.05, 4.69) is 126 Å². The molecule has 0 bridgehead atoms. The van der Waals surface area contributed by atoms with E-state index >= 15 is 0 Å². The smallest absolute Gasteiger partial charge is 0.269 e. The molecule has 0 saturated heterocycles. The van der Waals surface area contributed by atoms with Crippen molar-refractivity contribution in [1.82, 2.24) is 4.57 Å². The van der Waals surface area contributed by atoms with Crippen molar-refractivity contribution in [3.63, 3.8) is 0 Å². The number of rotatable bonds is 2. The zero-order chi connectivity index (χ0) is 20.9. The summed E-state index contributed by atoms with van der Waals surface area (Å²) in [6, 6.07) is 34.7. The van der Waals surface area contributed by atoms with Crippen LogP contribution < -0.4 is 4.57 Å². The Morgan fingerprint density at radius 3 is 1.74 bits per heavy atom. The predicted octanol–water partition coefficient (Wildman–Crippen LogP) is 6.63. The van der Waals surface area contributed by atoms with E-state index in [0.717, 1.165) is 11.4 Å². The van der Waals surface area contributed by atoms with Gasteiger partial charge in [-0.3, -0.25) is 9.13 Å². The van der Waals surface area contributed by atoms with Gasteiger partial charge in [-0.05, 0) is 59.7 Å². The zero-order valence-corrected chi connectivity index (χ0v) is 17.6. The molecular formula is C29H22N2. The van der Waals surface area contributed by atoms with Gasteiger partial charge >= 0.3 is 0 Å². The summed E-state index contributed by atoms with van der Waals surface area (Å²) in [6.45, 7) is 4.24. The summed E-state index contributed by atoms with van der Waals surface area (Å²) in [7, 11) is 0. The topological polar surface area (TPSA) is 8.81 Å². The van der Waals surface area contributed by atoms with Crippen molar-refractivity contribution in [3.05, 3.63) is 115 Å². The number of fused-ring (bicyclic) bond motifs is 6. The molecule has 0 aliphatic rings. The van der Waals surface area contributed by atoms with Gasteiger partial charge in [-0.15, -0.1) is 0 Å². The van der Waals surface area contributed by atoms with Crippen LogP contribution in [-0.4, -0.2) is 4.57 Å². The lowest BCUT2D eigenvalue weighted by atomic mass is 9.99. The minimum absolute atomic E-state index is 1.11. The first-order valence-electron chi connectivity index (χ1n) is 10.6. The molecule has 1 aromatic heterocycles. The van der Waals surface area contributed by atoms with Crippen LogP contribution in [0.25, 0.3) is 44.0 Å². The van der Waals surface area contributed by atoms with Gasteiger partial charge in [0.15, 0.2) is 0 Å². The molecule has 148 valence electrons. The van der Waals surface area contributed by atoms with Crippen molar-refractivity contribution >= 4 is 32.6 Å². The summed E-state index contributed by atoms with van der Waals surface area (Å²) in [4.78, 5) is 0. The largest absolute Gasteiger partial charge is 0.291 e. The molecule has 0 amide bonds. The fourth-order valence-electron chi connectivity index (χ4n) is 4.52. The maximum absolute atomic E-state index is 3.68. The third-order valence-corrected chi connectivity index (χ3v) is 6.11. The summed E-state index contributed by atoms with van der Waals surface area (Å²) >= 11 is 0. The van der Waals surface area contributed by atoms with E-state index in [1.54, 1.807) is 0 Å². The highest BCUT2D eigenvalue weighted by molar-refractivity contribution is 6.22. The Balaban J connectivity index is 1.85. The van der Waals surface area contributed by atoms with Crippen LogP contribution in [-0.2, 0) is 0 Å².